The molecule has 0 aromatic heterocycles. The molecule has 188 valence electrons. The van der Waals surface area contributed by atoms with E-state index in [2.05, 4.69) is 26.1 Å². The molecule has 0 aliphatic carbocycles. The maximum absolute atomic E-state index is 12.2. The van der Waals surface area contributed by atoms with Crippen molar-refractivity contribution < 1.29 is 42.8 Å². The summed E-state index contributed by atoms with van der Waals surface area (Å²) in [5, 5.41) is 3.33. The van der Waals surface area contributed by atoms with Crippen LogP contribution in [0.2, 0.25) is 0 Å². The van der Waals surface area contributed by atoms with Crippen LogP contribution in [-0.2, 0) is 38.0 Å². The Balaban J connectivity index is 3.76. The number of hydrogen-bond donors (Lipinski definition) is 1. The number of nitrogens with one attached hydrogen (secondary N) is 1. The molecule has 1 amide bonds. The zero-order chi connectivity index (χ0) is 24.2. The molecule has 0 heterocycles. The van der Waals surface area contributed by atoms with Gasteiger partial charge in [-0.2, -0.15) is 0 Å². The van der Waals surface area contributed by atoms with Crippen LogP contribution in [0.4, 0.5) is 4.79 Å². The van der Waals surface area contributed by atoms with E-state index < -0.39 is 18.0 Å². The molecule has 0 unspecified atom stereocenters. The summed E-state index contributed by atoms with van der Waals surface area (Å²) in [6.07, 6.45) is -0.609. The third-order valence-electron chi connectivity index (χ3n) is 3.69. The van der Waals surface area contributed by atoms with E-state index in [1.807, 2.05) is 0 Å². The summed E-state index contributed by atoms with van der Waals surface area (Å²) >= 11 is 0. The highest BCUT2D eigenvalue weighted by Crippen LogP contribution is 1.97. The van der Waals surface area contributed by atoms with Crippen LogP contribution in [0.1, 0.15) is 34.6 Å². The van der Waals surface area contributed by atoms with E-state index in [0.29, 0.717) is 33.0 Å². The lowest BCUT2D eigenvalue weighted by molar-refractivity contribution is -0.141. The second-order valence-electron chi connectivity index (χ2n) is 7.80. The summed E-state index contributed by atoms with van der Waals surface area (Å²) in [5.41, 5.74) is 0.0810. The van der Waals surface area contributed by atoms with Crippen molar-refractivity contribution in [2.45, 2.75) is 40.2 Å². The van der Waals surface area contributed by atoms with E-state index in [9.17, 15) is 14.4 Å². The Kier molecular flexibility index (Phi) is 17.5. The highest BCUT2D eigenvalue weighted by atomic mass is 16.6. The van der Waals surface area contributed by atoms with Gasteiger partial charge in [-0.15, -0.1) is 0 Å². The first-order chi connectivity index (χ1) is 15.1. The Labute approximate surface area is 191 Å². The van der Waals surface area contributed by atoms with Gasteiger partial charge in [0.1, 0.15) is 19.8 Å². The van der Waals surface area contributed by atoms with E-state index in [0.717, 1.165) is 6.54 Å². The molecule has 0 atom stereocenters. The van der Waals surface area contributed by atoms with Gasteiger partial charge in [0.25, 0.3) is 0 Å². The first kappa shape index (κ1) is 30.0. The van der Waals surface area contributed by atoms with Gasteiger partial charge >= 0.3 is 18.0 Å². The summed E-state index contributed by atoms with van der Waals surface area (Å²) < 4.78 is 31.0. The second kappa shape index (κ2) is 18.6. The van der Waals surface area contributed by atoms with Crippen molar-refractivity contribution in [3.63, 3.8) is 0 Å². The predicted octanol–water partition coefficient (Wildman–Crippen LogP) is 0.989. The summed E-state index contributed by atoms with van der Waals surface area (Å²) in [4.78, 5) is 35.2. The molecule has 0 fully saturated rings. The van der Waals surface area contributed by atoms with Crippen LogP contribution in [0.3, 0.4) is 0 Å². The van der Waals surface area contributed by atoms with Crippen molar-refractivity contribution in [3.05, 3.63) is 0 Å². The molecule has 0 radical (unpaired) electrons. The molecule has 0 rings (SSSR count). The molecular weight excluding hydrogens is 424 g/mol. The van der Waals surface area contributed by atoms with Crippen molar-refractivity contribution in [1.82, 2.24) is 10.2 Å². The molecule has 0 saturated heterocycles. The summed E-state index contributed by atoms with van der Waals surface area (Å²) in [7, 11) is 0. The standard InChI is InChI=1S/C21H40N2O9/c1-18(24)30-10-7-23(8-11-31-19(2)25)20(26)32-17-16-29-15-14-28-13-12-27-9-6-22-21(3,4)5/h22H,6-17H2,1-5H3. The molecule has 11 heteroatoms. The molecule has 0 aromatic rings. The molecule has 0 spiro atoms. The Morgan fingerprint density at radius 2 is 1.09 bits per heavy atom. The van der Waals surface area contributed by atoms with Crippen molar-refractivity contribution in [2.75, 3.05) is 79.1 Å². The Bertz CT molecular complexity index is 504. The quantitative estimate of drug-likeness (QED) is 0.178. The Hall–Kier alpha value is -1.95. The average Bonchev–Trinajstić information content (AvgIpc) is 2.68. The van der Waals surface area contributed by atoms with Gasteiger partial charge < -0.3 is 38.6 Å². The fourth-order valence-corrected chi connectivity index (χ4v) is 2.21. The number of carbonyl (C=O) groups excluding carboxylic acids is 3. The Morgan fingerprint density at radius 1 is 0.656 bits per heavy atom. The fourth-order valence-electron chi connectivity index (χ4n) is 2.21. The summed E-state index contributed by atoms with van der Waals surface area (Å²) in [6.45, 7) is 12.6. The van der Waals surface area contributed by atoms with Gasteiger partial charge in [-0.3, -0.25) is 9.59 Å². The van der Waals surface area contributed by atoms with Crippen LogP contribution in [0.5, 0.6) is 0 Å². The average molecular weight is 465 g/mol. The van der Waals surface area contributed by atoms with Gasteiger partial charge in [-0.1, -0.05) is 0 Å². The first-order valence-electron chi connectivity index (χ1n) is 10.8. The lowest BCUT2D eigenvalue weighted by Gasteiger charge is -2.21. The van der Waals surface area contributed by atoms with Crippen LogP contribution in [0, 0.1) is 0 Å². The maximum Gasteiger partial charge on any atom is 0.410 e. The molecule has 32 heavy (non-hydrogen) atoms. The topological polar surface area (TPSA) is 122 Å². The molecule has 0 bridgehead atoms. The van der Waals surface area contributed by atoms with Gasteiger partial charge in [0, 0.05) is 25.9 Å². The number of carbonyl (C=O) groups is 3. The van der Waals surface area contributed by atoms with E-state index >= 15 is 0 Å². The molecule has 0 aliphatic rings. The van der Waals surface area contributed by atoms with E-state index in [1.54, 1.807) is 0 Å². The van der Waals surface area contributed by atoms with Crippen molar-refractivity contribution in [3.8, 4) is 0 Å². The third-order valence-corrected chi connectivity index (χ3v) is 3.69. The SMILES string of the molecule is CC(=O)OCCN(CCOC(C)=O)C(=O)OCCOCCOCCOCCNC(C)(C)C. The van der Waals surface area contributed by atoms with Gasteiger partial charge in [-0.25, -0.2) is 4.79 Å². The molecule has 0 saturated carbocycles. The molecule has 11 nitrogen and oxygen atoms in total. The zero-order valence-corrected chi connectivity index (χ0v) is 20.1. The van der Waals surface area contributed by atoms with Crippen LogP contribution >= 0.6 is 0 Å². The fraction of sp³-hybridized carbons (Fsp3) is 0.857. The normalized spacial score (nSPS) is 11.2. The molecule has 0 aromatic carbocycles. The van der Waals surface area contributed by atoms with Crippen LogP contribution in [0.25, 0.3) is 0 Å². The van der Waals surface area contributed by atoms with E-state index in [1.165, 1.54) is 18.7 Å². The number of esters is 2. The van der Waals surface area contributed by atoms with Gasteiger partial charge in [0.2, 0.25) is 0 Å². The van der Waals surface area contributed by atoms with Crippen molar-refractivity contribution >= 4 is 18.0 Å². The minimum Gasteiger partial charge on any atom is -0.464 e. The lowest BCUT2D eigenvalue weighted by Crippen LogP contribution is -2.38. The van der Waals surface area contributed by atoms with E-state index in [-0.39, 0.29) is 45.1 Å². The van der Waals surface area contributed by atoms with Crippen LogP contribution in [-0.4, -0.2) is 108 Å². The van der Waals surface area contributed by atoms with Gasteiger partial charge in [-0.05, 0) is 20.8 Å². The minimum atomic E-state index is -0.609. The van der Waals surface area contributed by atoms with Crippen LogP contribution < -0.4 is 5.32 Å². The molecule has 1 N–H and O–H groups in total. The third kappa shape index (κ3) is 21.3. The number of ether oxygens (including phenoxy) is 6. The van der Waals surface area contributed by atoms with Crippen molar-refractivity contribution in [2.24, 2.45) is 0 Å². The number of rotatable bonds is 18. The summed E-state index contributed by atoms with van der Waals surface area (Å²) in [6, 6.07) is 0. The van der Waals surface area contributed by atoms with Gasteiger partial charge in [0.15, 0.2) is 0 Å². The summed E-state index contributed by atoms with van der Waals surface area (Å²) in [5.74, 6) is -0.893. The monoisotopic (exact) mass is 464 g/mol. The molecular formula is C21H40N2O9. The van der Waals surface area contributed by atoms with Crippen molar-refractivity contribution in [1.29, 1.82) is 0 Å². The largest absolute Gasteiger partial charge is 0.464 e. The van der Waals surface area contributed by atoms with E-state index in [4.69, 9.17) is 28.4 Å². The predicted molar refractivity (Wildman–Crippen MR) is 116 cm³/mol. The Morgan fingerprint density at radius 3 is 1.53 bits per heavy atom. The van der Waals surface area contributed by atoms with Gasteiger partial charge in [0.05, 0.1) is 52.7 Å². The highest BCUT2D eigenvalue weighted by molar-refractivity contribution is 5.68. The lowest BCUT2D eigenvalue weighted by atomic mass is 10.1. The first-order valence-corrected chi connectivity index (χ1v) is 10.8. The number of hydrogen-bond acceptors (Lipinski definition) is 10. The number of amides is 1. The van der Waals surface area contributed by atoms with Crippen LogP contribution in [0.15, 0.2) is 0 Å². The smallest absolute Gasteiger partial charge is 0.410 e. The maximum atomic E-state index is 12.2. The number of nitrogens with zero attached hydrogens (tertiary/aromatic N) is 1. The molecule has 0 aliphatic heterocycles. The highest BCUT2D eigenvalue weighted by Gasteiger charge is 2.16. The second-order valence-corrected chi connectivity index (χ2v) is 7.80. The minimum absolute atomic E-state index is 0.0230. The zero-order valence-electron chi connectivity index (χ0n) is 20.1.